The molecule has 2 rings (SSSR count). The van der Waals surface area contributed by atoms with Crippen LogP contribution in [0.5, 0.6) is 0 Å². The molecule has 0 aliphatic carbocycles. The highest BCUT2D eigenvalue weighted by molar-refractivity contribution is 8.67. The van der Waals surface area contributed by atoms with Gasteiger partial charge in [-0.15, -0.1) is 0 Å². The van der Waals surface area contributed by atoms with Gasteiger partial charge in [0.2, 0.25) is 5.69 Å². The molecule has 1 heterocycles. The molecular formula is C15H21ClN3O2PS3. The van der Waals surface area contributed by atoms with E-state index in [2.05, 4.69) is 10.2 Å². The van der Waals surface area contributed by atoms with E-state index >= 15 is 0 Å². The minimum Gasteiger partial charge on any atom is -0.319 e. The van der Waals surface area contributed by atoms with E-state index in [9.17, 15) is 0 Å². The fourth-order valence-electron chi connectivity index (χ4n) is 2.02. The fourth-order valence-corrected chi connectivity index (χ4v) is 7.80. The van der Waals surface area contributed by atoms with Gasteiger partial charge in [0, 0.05) is 10.7 Å². The number of halogens is 1. The van der Waals surface area contributed by atoms with Crippen LogP contribution in [0.1, 0.15) is 33.5 Å². The van der Waals surface area contributed by atoms with Gasteiger partial charge in [-0.3, -0.25) is 9.67 Å². The van der Waals surface area contributed by atoms with E-state index in [1.807, 2.05) is 56.5 Å². The topological polar surface area (TPSA) is 52.1 Å². The summed E-state index contributed by atoms with van der Waals surface area (Å²) in [5, 5.41) is 7.83. The molecule has 1 aromatic heterocycles. The lowest BCUT2D eigenvalue weighted by atomic mass is 10.3. The molecule has 0 saturated heterocycles. The molecule has 0 atom stereocenters. The molecule has 10 heteroatoms. The summed E-state index contributed by atoms with van der Waals surface area (Å²) in [6.45, 7) is 7.81. The second kappa shape index (κ2) is 9.13. The van der Waals surface area contributed by atoms with E-state index < -0.39 is 5.69 Å². The third kappa shape index (κ3) is 6.17. The monoisotopic (exact) mass is 437 g/mol. The first kappa shape index (κ1) is 21.1. The average Bonchev–Trinajstić information content (AvgIpc) is 2.85. The van der Waals surface area contributed by atoms with E-state index in [1.165, 1.54) is 11.4 Å². The molecule has 0 fully saturated rings. The Bertz CT molecular complexity index is 791. The number of aromatic amines is 1. The van der Waals surface area contributed by atoms with Gasteiger partial charge < -0.3 is 9.05 Å². The van der Waals surface area contributed by atoms with Gasteiger partial charge in [0.25, 0.3) is 0 Å². The van der Waals surface area contributed by atoms with Crippen LogP contribution in [0.3, 0.4) is 0 Å². The molecule has 0 amide bonds. The van der Waals surface area contributed by atoms with Gasteiger partial charge in [-0.25, -0.2) is 0 Å². The summed E-state index contributed by atoms with van der Waals surface area (Å²) in [4.78, 5) is 0. The molecule has 0 spiro atoms. The van der Waals surface area contributed by atoms with Crippen molar-refractivity contribution < 1.29 is 9.05 Å². The number of hydrogen-bond donors (Lipinski definition) is 1. The van der Waals surface area contributed by atoms with Gasteiger partial charge in [0.05, 0.1) is 18.0 Å². The molecule has 2 aromatic rings. The summed E-state index contributed by atoms with van der Waals surface area (Å²) in [5.74, 6) is 1.28. The summed E-state index contributed by atoms with van der Waals surface area (Å²) < 4.78 is 14.2. The largest absolute Gasteiger partial charge is 0.319 e. The van der Waals surface area contributed by atoms with Crippen molar-refractivity contribution in [3.8, 4) is 5.69 Å². The Kier molecular flexibility index (Phi) is 7.70. The highest BCUT2D eigenvalue weighted by atomic mass is 35.5. The normalized spacial score (nSPS) is 12.3. The quantitative estimate of drug-likeness (QED) is 0.410. The second-order valence-electron chi connectivity index (χ2n) is 5.79. The zero-order valence-electron chi connectivity index (χ0n) is 14.4. The minimum absolute atomic E-state index is 0.00540. The maximum Gasteiger partial charge on any atom is 0.248 e. The van der Waals surface area contributed by atoms with E-state index in [1.54, 1.807) is 0 Å². The summed E-state index contributed by atoms with van der Waals surface area (Å²) in [6, 6.07) is 7.42. The van der Waals surface area contributed by atoms with Crippen LogP contribution in [-0.2, 0) is 26.6 Å². The first-order chi connectivity index (χ1) is 11.7. The SMILES string of the molecule is CC(C)OP(=S)(OC(C)C)SCc1n[nH]c(=S)n1-c1ccc(Cl)cc1. The lowest BCUT2D eigenvalue weighted by molar-refractivity contribution is 0.186. The van der Waals surface area contributed by atoms with Gasteiger partial charge in [0.15, 0.2) is 4.77 Å². The smallest absolute Gasteiger partial charge is 0.248 e. The van der Waals surface area contributed by atoms with Gasteiger partial charge in [-0.2, -0.15) is 5.10 Å². The predicted molar refractivity (Wildman–Crippen MR) is 112 cm³/mol. The molecule has 0 saturated carbocycles. The van der Waals surface area contributed by atoms with Crippen molar-refractivity contribution in [1.29, 1.82) is 0 Å². The van der Waals surface area contributed by atoms with Crippen LogP contribution in [0.15, 0.2) is 24.3 Å². The Morgan fingerprint density at radius 1 is 1.20 bits per heavy atom. The van der Waals surface area contributed by atoms with E-state index in [0.717, 1.165) is 11.5 Å². The van der Waals surface area contributed by atoms with Crippen molar-refractivity contribution in [2.75, 3.05) is 0 Å². The maximum atomic E-state index is 5.97. The first-order valence-electron chi connectivity index (χ1n) is 7.74. The van der Waals surface area contributed by atoms with Crippen LogP contribution >= 0.6 is 40.9 Å². The van der Waals surface area contributed by atoms with Crippen molar-refractivity contribution in [3.05, 3.63) is 39.9 Å². The third-order valence-electron chi connectivity index (χ3n) is 2.86. The lowest BCUT2D eigenvalue weighted by Gasteiger charge is -2.25. The molecule has 0 unspecified atom stereocenters. The standard InChI is InChI=1S/C15H21ClN3O2PS3/c1-10(2)20-22(24,21-11(3)4)25-9-14-17-18-15(23)19(14)13-7-5-12(16)6-8-13/h5-8,10-11H,9H2,1-4H3,(H,18,23). The number of nitrogens with one attached hydrogen (secondary N) is 1. The van der Waals surface area contributed by atoms with Gasteiger partial charge in [-0.1, -0.05) is 23.0 Å². The van der Waals surface area contributed by atoms with Gasteiger partial charge in [-0.05, 0) is 76.0 Å². The zero-order valence-corrected chi connectivity index (χ0v) is 18.5. The number of aromatic nitrogens is 3. The lowest BCUT2D eigenvalue weighted by Crippen LogP contribution is -2.07. The number of nitrogens with zero attached hydrogens (tertiary/aromatic N) is 2. The molecule has 5 nitrogen and oxygen atoms in total. The Morgan fingerprint density at radius 2 is 1.76 bits per heavy atom. The molecule has 0 aliphatic heterocycles. The highest BCUT2D eigenvalue weighted by Crippen LogP contribution is 2.63. The van der Waals surface area contributed by atoms with Crippen LogP contribution in [0.25, 0.3) is 5.69 Å². The molecule has 138 valence electrons. The van der Waals surface area contributed by atoms with Crippen LogP contribution in [0, 0.1) is 4.77 Å². The van der Waals surface area contributed by atoms with Crippen molar-refractivity contribution in [2.24, 2.45) is 0 Å². The van der Waals surface area contributed by atoms with E-state index in [4.69, 9.17) is 44.7 Å². The van der Waals surface area contributed by atoms with Crippen molar-refractivity contribution in [1.82, 2.24) is 14.8 Å². The van der Waals surface area contributed by atoms with E-state index in [0.29, 0.717) is 15.5 Å². The number of benzene rings is 1. The Morgan fingerprint density at radius 3 is 2.28 bits per heavy atom. The van der Waals surface area contributed by atoms with Gasteiger partial charge >= 0.3 is 0 Å². The van der Waals surface area contributed by atoms with Crippen molar-refractivity contribution in [3.63, 3.8) is 0 Å². The number of H-pyrrole nitrogens is 1. The Hall–Kier alpha value is -0.210. The third-order valence-corrected chi connectivity index (χ3v) is 8.76. The average molecular weight is 438 g/mol. The molecule has 1 N–H and O–H groups in total. The molecule has 0 aliphatic rings. The van der Waals surface area contributed by atoms with Crippen LogP contribution < -0.4 is 0 Å². The summed E-state index contributed by atoms with van der Waals surface area (Å²) in [5.41, 5.74) is -1.59. The zero-order chi connectivity index (χ0) is 18.6. The Balaban J connectivity index is 2.24. The second-order valence-corrected chi connectivity index (χ2v) is 12.8. The van der Waals surface area contributed by atoms with Crippen molar-refractivity contribution >= 4 is 52.7 Å². The highest BCUT2D eigenvalue weighted by Gasteiger charge is 2.25. The molecule has 25 heavy (non-hydrogen) atoms. The maximum absolute atomic E-state index is 5.97. The molecular weight excluding hydrogens is 417 g/mol. The fraction of sp³-hybridized carbons (Fsp3) is 0.467. The summed E-state index contributed by atoms with van der Waals surface area (Å²) >= 11 is 18.5. The van der Waals surface area contributed by atoms with E-state index in [-0.39, 0.29) is 12.2 Å². The van der Waals surface area contributed by atoms with Crippen LogP contribution in [0.2, 0.25) is 5.02 Å². The summed E-state index contributed by atoms with van der Waals surface area (Å²) in [7, 11) is 0. The molecule has 0 bridgehead atoms. The molecule has 1 aromatic carbocycles. The Labute approximate surface area is 167 Å². The first-order valence-corrected chi connectivity index (χ1v) is 12.8. The molecule has 0 radical (unpaired) electrons. The van der Waals surface area contributed by atoms with Crippen molar-refractivity contribution in [2.45, 2.75) is 45.7 Å². The van der Waals surface area contributed by atoms with Crippen LogP contribution in [0.4, 0.5) is 0 Å². The van der Waals surface area contributed by atoms with Gasteiger partial charge in [0.1, 0.15) is 5.82 Å². The summed E-state index contributed by atoms with van der Waals surface area (Å²) in [6.07, 6.45) is -0.0108. The minimum atomic E-state index is -2.48. The number of rotatable bonds is 8. The van der Waals surface area contributed by atoms with Crippen LogP contribution in [-0.4, -0.2) is 27.0 Å². The predicted octanol–water partition coefficient (Wildman–Crippen LogP) is 5.89. The number of hydrogen-bond acceptors (Lipinski definition) is 6.